The van der Waals surface area contributed by atoms with Crippen LogP contribution in [0.1, 0.15) is 65.7 Å². The van der Waals surface area contributed by atoms with Gasteiger partial charge in [0.1, 0.15) is 22.0 Å². The second kappa shape index (κ2) is 13.6. The van der Waals surface area contributed by atoms with Crippen molar-refractivity contribution in [1.29, 1.82) is 0 Å². The molecule has 3 fully saturated rings. The molecule has 2 aliphatic carbocycles. The molecule has 5 atom stereocenters. The Kier molecular flexibility index (Phi) is 10.9. The molecule has 0 unspecified atom stereocenters. The summed E-state index contributed by atoms with van der Waals surface area (Å²) in [5.74, 6) is -3.77. The summed E-state index contributed by atoms with van der Waals surface area (Å²) in [5.41, 5.74) is -0.760. The topological polar surface area (TPSA) is 134 Å². The van der Waals surface area contributed by atoms with Gasteiger partial charge in [-0.25, -0.2) is 4.79 Å². The molecule has 41 heavy (non-hydrogen) atoms. The van der Waals surface area contributed by atoms with Crippen molar-refractivity contribution in [2.75, 3.05) is 13.1 Å². The fourth-order valence-corrected chi connectivity index (χ4v) is 6.64. The minimum Gasteiger partial charge on any atom is -0.444 e. The Labute approximate surface area is 251 Å². The lowest BCUT2D eigenvalue weighted by Gasteiger charge is -2.36. The SMILES string of the molecule is C=CCC[C@H](NC(=O)[C@@H]1[C@H]2[C@@H](CN1C(=O)[C@@H](NC(=O)OC(C)(C)C)C1CCCCC1)C2(Cl)Cl)C(=O)C(=O)NCC=C. The first-order valence-corrected chi connectivity index (χ1v) is 15.0. The van der Waals surface area contributed by atoms with Crippen LogP contribution in [0.4, 0.5) is 4.79 Å². The molecular weight excluding hydrogens is 571 g/mol. The van der Waals surface area contributed by atoms with Gasteiger partial charge in [-0.05, 0) is 52.4 Å². The Morgan fingerprint density at radius 1 is 1.05 bits per heavy atom. The van der Waals surface area contributed by atoms with Crippen LogP contribution in [-0.4, -0.2) is 75.6 Å². The van der Waals surface area contributed by atoms with Crippen molar-refractivity contribution < 1.29 is 28.7 Å². The number of allylic oxidation sites excluding steroid dienone is 1. The fourth-order valence-electron chi connectivity index (χ4n) is 5.82. The van der Waals surface area contributed by atoms with Crippen LogP contribution in [0.3, 0.4) is 0 Å². The van der Waals surface area contributed by atoms with E-state index >= 15 is 0 Å². The van der Waals surface area contributed by atoms with Gasteiger partial charge < -0.3 is 25.6 Å². The highest BCUT2D eigenvalue weighted by molar-refractivity contribution is 6.51. The number of carbonyl (C=O) groups excluding carboxylic acids is 5. The fraction of sp³-hybridized carbons (Fsp3) is 0.690. The summed E-state index contributed by atoms with van der Waals surface area (Å²) >= 11 is 13.0. The number of rotatable bonds is 12. The predicted molar refractivity (Wildman–Crippen MR) is 156 cm³/mol. The molecule has 0 bridgehead atoms. The van der Waals surface area contributed by atoms with Crippen LogP contribution in [0.5, 0.6) is 0 Å². The van der Waals surface area contributed by atoms with E-state index in [0.717, 1.165) is 32.1 Å². The summed E-state index contributed by atoms with van der Waals surface area (Å²) in [4.78, 5) is 67.3. The Morgan fingerprint density at radius 3 is 2.29 bits per heavy atom. The maximum Gasteiger partial charge on any atom is 0.408 e. The maximum atomic E-state index is 14.1. The normalized spacial score (nSPS) is 24.7. The van der Waals surface area contributed by atoms with Crippen molar-refractivity contribution >= 4 is 52.8 Å². The minimum absolute atomic E-state index is 0.0928. The van der Waals surface area contributed by atoms with Gasteiger partial charge in [0.2, 0.25) is 17.6 Å². The molecular formula is C29H42Cl2N4O6. The van der Waals surface area contributed by atoms with E-state index in [1.807, 2.05) is 0 Å². The smallest absolute Gasteiger partial charge is 0.408 e. The molecule has 3 rings (SSSR count). The van der Waals surface area contributed by atoms with Crippen LogP contribution < -0.4 is 16.0 Å². The summed E-state index contributed by atoms with van der Waals surface area (Å²) in [6.45, 7) is 12.6. The summed E-state index contributed by atoms with van der Waals surface area (Å²) in [6.07, 6.45) is 7.20. The van der Waals surface area contributed by atoms with Crippen LogP contribution in [0.15, 0.2) is 25.3 Å². The van der Waals surface area contributed by atoms with Gasteiger partial charge in [0.25, 0.3) is 5.91 Å². The van der Waals surface area contributed by atoms with E-state index in [0.29, 0.717) is 6.42 Å². The van der Waals surface area contributed by atoms with E-state index in [2.05, 4.69) is 29.1 Å². The number of fused-ring (bicyclic) bond motifs is 1. The van der Waals surface area contributed by atoms with Gasteiger partial charge in [0.15, 0.2) is 0 Å². The van der Waals surface area contributed by atoms with Crippen LogP contribution >= 0.6 is 23.2 Å². The average molecular weight is 614 g/mol. The Balaban J connectivity index is 1.85. The van der Waals surface area contributed by atoms with E-state index < -0.39 is 63.6 Å². The number of hydrogen-bond donors (Lipinski definition) is 3. The van der Waals surface area contributed by atoms with Crippen LogP contribution in [-0.2, 0) is 23.9 Å². The molecule has 3 N–H and O–H groups in total. The first-order valence-electron chi connectivity index (χ1n) is 14.2. The number of carbonyl (C=O) groups is 5. The molecule has 1 saturated heterocycles. The number of halogens is 2. The van der Waals surface area contributed by atoms with E-state index in [-0.39, 0.29) is 31.3 Å². The molecule has 228 valence electrons. The van der Waals surface area contributed by atoms with E-state index in [1.165, 1.54) is 11.0 Å². The van der Waals surface area contributed by atoms with Crippen LogP contribution in [0.25, 0.3) is 0 Å². The van der Waals surface area contributed by atoms with E-state index in [4.69, 9.17) is 27.9 Å². The molecule has 0 aromatic carbocycles. The first-order chi connectivity index (χ1) is 19.2. The number of piperidine rings is 1. The van der Waals surface area contributed by atoms with Crippen LogP contribution in [0.2, 0.25) is 0 Å². The van der Waals surface area contributed by atoms with Gasteiger partial charge in [-0.3, -0.25) is 19.2 Å². The largest absolute Gasteiger partial charge is 0.444 e. The summed E-state index contributed by atoms with van der Waals surface area (Å²) in [6, 6.07) is -3.13. The second-order valence-electron chi connectivity index (χ2n) is 12.1. The standard InChI is InChI=1S/C29H42Cl2N4O6/c1-6-8-14-19(23(36)25(38)32-15-7-2)33-24(37)22-20-18(29(20,30)31)16-35(22)26(39)21(17-12-10-9-11-13-17)34-27(40)41-28(3,4)5/h6-7,17-22H,1-2,8-16H2,3-5H3,(H,32,38)(H,33,37)(H,34,40)/t18-,19+,20-,21+,22+/m1/s1. The lowest BCUT2D eigenvalue weighted by Crippen LogP contribution is -2.60. The van der Waals surface area contributed by atoms with Gasteiger partial charge >= 0.3 is 6.09 Å². The number of Topliss-reactive ketones (excluding diaryl/α,β-unsaturated/α-hetero) is 1. The van der Waals surface area contributed by atoms with Gasteiger partial charge in [-0.15, -0.1) is 36.4 Å². The lowest BCUT2D eigenvalue weighted by molar-refractivity contribution is -0.144. The molecule has 0 aromatic heterocycles. The van der Waals surface area contributed by atoms with Crippen molar-refractivity contribution in [3.63, 3.8) is 0 Å². The maximum absolute atomic E-state index is 14.1. The minimum atomic E-state index is -1.21. The molecule has 12 heteroatoms. The van der Waals surface area contributed by atoms with Crippen LogP contribution in [0, 0.1) is 17.8 Å². The molecule has 2 saturated carbocycles. The molecule has 0 spiro atoms. The third-order valence-corrected chi connectivity index (χ3v) is 8.93. The van der Waals surface area contributed by atoms with Gasteiger partial charge in [-0.1, -0.05) is 31.4 Å². The molecule has 1 aliphatic heterocycles. The van der Waals surface area contributed by atoms with E-state index in [9.17, 15) is 24.0 Å². The van der Waals surface area contributed by atoms with Crippen molar-refractivity contribution in [1.82, 2.24) is 20.9 Å². The zero-order chi connectivity index (χ0) is 30.5. The second-order valence-corrected chi connectivity index (χ2v) is 13.5. The number of nitrogens with one attached hydrogen (secondary N) is 3. The zero-order valence-electron chi connectivity index (χ0n) is 24.0. The van der Waals surface area contributed by atoms with Crippen molar-refractivity contribution in [3.8, 4) is 0 Å². The number of ketones is 1. The third kappa shape index (κ3) is 8.03. The highest BCUT2D eigenvalue weighted by Gasteiger charge is 2.74. The molecule has 0 aromatic rings. The average Bonchev–Trinajstić information content (AvgIpc) is 3.23. The van der Waals surface area contributed by atoms with Crippen molar-refractivity contribution in [2.45, 2.75) is 93.8 Å². The lowest BCUT2D eigenvalue weighted by atomic mass is 9.83. The Morgan fingerprint density at radius 2 is 1.71 bits per heavy atom. The monoisotopic (exact) mass is 612 g/mol. The Hall–Kier alpha value is -2.59. The predicted octanol–water partition coefficient (Wildman–Crippen LogP) is 3.41. The van der Waals surface area contributed by atoms with Crippen molar-refractivity contribution in [2.24, 2.45) is 17.8 Å². The number of ether oxygens (including phenoxy) is 1. The zero-order valence-corrected chi connectivity index (χ0v) is 25.6. The quantitative estimate of drug-likeness (QED) is 0.176. The highest BCUT2D eigenvalue weighted by Crippen LogP contribution is 2.65. The molecule has 0 radical (unpaired) electrons. The van der Waals surface area contributed by atoms with Gasteiger partial charge in [0.05, 0.1) is 6.04 Å². The summed E-state index contributed by atoms with van der Waals surface area (Å²) in [7, 11) is 0. The molecule has 10 nitrogen and oxygen atoms in total. The number of alkyl halides is 2. The van der Waals surface area contributed by atoms with Crippen molar-refractivity contribution in [3.05, 3.63) is 25.3 Å². The van der Waals surface area contributed by atoms with E-state index in [1.54, 1.807) is 26.8 Å². The molecule has 3 aliphatic rings. The summed E-state index contributed by atoms with van der Waals surface area (Å²) < 4.78 is 4.24. The molecule has 4 amide bonds. The van der Waals surface area contributed by atoms with Gasteiger partial charge in [0, 0.05) is 24.9 Å². The molecule has 1 heterocycles. The number of amides is 4. The highest BCUT2D eigenvalue weighted by atomic mass is 35.5. The number of hydrogen-bond acceptors (Lipinski definition) is 6. The first kappa shape index (κ1) is 32.9. The number of likely N-dealkylation sites (tertiary alicyclic amines) is 1. The number of alkyl carbamates (subject to hydrolysis) is 1. The number of nitrogens with zero attached hydrogens (tertiary/aromatic N) is 1. The summed E-state index contributed by atoms with van der Waals surface area (Å²) in [5, 5.41) is 7.88. The Bertz CT molecular complexity index is 1050. The third-order valence-electron chi connectivity index (χ3n) is 7.87. The van der Waals surface area contributed by atoms with Gasteiger partial charge in [-0.2, -0.15) is 0 Å².